The molecule has 4 nitrogen and oxygen atoms in total. The van der Waals surface area contributed by atoms with E-state index in [1.54, 1.807) is 0 Å². The third-order valence-corrected chi connectivity index (χ3v) is 3.29. The van der Waals surface area contributed by atoms with Gasteiger partial charge in [0.25, 0.3) is 0 Å². The van der Waals surface area contributed by atoms with Gasteiger partial charge in [-0.2, -0.15) is 0 Å². The molecule has 0 aliphatic heterocycles. The van der Waals surface area contributed by atoms with Gasteiger partial charge >= 0.3 is 0 Å². The minimum Gasteiger partial charge on any atom is -0.395 e. The van der Waals surface area contributed by atoms with Crippen molar-refractivity contribution in [3.63, 3.8) is 0 Å². The second-order valence-electron chi connectivity index (χ2n) is 4.46. The molecule has 0 atom stereocenters. The molecule has 0 bridgehead atoms. The number of pyridine rings is 1. The molecule has 0 radical (unpaired) electrons. The normalized spacial score (nSPS) is 15.4. The monoisotopic (exact) mass is 235 g/mol. The lowest BCUT2D eigenvalue weighted by atomic mass is 9.91. The number of hydrogen-bond donors (Lipinski definition) is 2. The third kappa shape index (κ3) is 2.88. The molecule has 17 heavy (non-hydrogen) atoms. The van der Waals surface area contributed by atoms with Crippen LogP contribution in [-0.4, -0.2) is 35.8 Å². The van der Waals surface area contributed by atoms with Crippen LogP contribution in [0.25, 0.3) is 0 Å². The van der Waals surface area contributed by atoms with Crippen LogP contribution < -0.4 is 10.2 Å². The van der Waals surface area contributed by atoms with Crippen molar-refractivity contribution in [2.75, 3.05) is 29.9 Å². The van der Waals surface area contributed by atoms with Crippen LogP contribution >= 0.6 is 0 Å². The molecule has 0 unspecified atom stereocenters. The van der Waals surface area contributed by atoms with E-state index in [1.807, 2.05) is 12.4 Å². The molecule has 0 saturated heterocycles. The summed E-state index contributed by atoms with van der Waals surface area (Å²) in [6.45, 7) is 3.86. The summed E-state index contributed by atoms with van der Waals surface area (Å²) in [7, 11) is 0. The Bertz CT molecular complexity index is 352. The first kappa shape index (κ1) is 12.2. The van der Waals surface area contributed by atoms with Crippen LogP contribution in [0, 0.1) is 0 Å². The van der Waals surface area contributed by atoms with Gasteiger partial charge in [-0.3, -0.25) is 4.98 Å². The summed E-state index contributed by atoms with van der Waals surface area (Å²) in [5, 5.41) is 12.4. The quantitative estimate of drug-likeness (QED) is 0.790. The van der Waals surface area contributed by atoms with Crippen LogP contribution in [0.1, 0.15) is 26.2 Å². The Labute approximate surface area is 103 Å². The van der Waals surface area contributed by atoms with E-state index in [-0.39, 0.29) is 6.61 Å². The molecule has 0 spiro atoms. The summed E-state index contributed by atoms with van der Waals surface area (Å²) in [4.78, 5) is 6.54. The topological polar surface area (TPSA) is 48.4 Å². The first-order valence-corrected chi connectivity index (χ1v) is 6.41. The van der Waals surface area contributed by atoms with Crippen molar-refractivity contribution in [3.05, 3.63) is 18.5 Å². The highest BCUT2D eigenvalue weighted by Gasteiger charge is 2.25. The Kier molecular flexibility index (Phi) is 4.20. The molecule has 1 fully saturated rings. The van der Waals surface area contributed by atoms with Crippen molar-refractivity contribution in [1.29, 1.82) is 0 Å². The summed E-state index contributed by atoms with van der Waals surface area (Å²) in [6, 6.07) is 2.70. The van der Waals surface area contributed by atoms with Gasteiger partial charge < -0.3 is 15.3 Å². The number of nitrogens with zero attached hydrogens (tertiary/aromatic N) is 2. The first-order chi connectivity index (χ1) is 8.35. The first-order valence-electron chi connectivity index (χ1n) is 6.41. The maximum atomic E-state index is 9.16. The summed E-state index contributed by atoms with van der Waals surface area (Å²) in [5.41, 5.74) is 2.16. The van der Waals surface area contributed by atoms with Gasteiger partial charge in [0.1, 0.15) is 0 Å². The molecule has 94 valence electrons. The minimum absolute atomic E-state index is 0.196. The van der Waals surface area contributed by atoms with Crippen molar-refractivity contribution < 1.29 is 5.11 Å². The largest absolute Gasteiger partial charge is 0.395 e. The van der Waals surface area contributed by atoms with Crippen LogP contribution in [0.3, 0.4) is 0 Å². The van der Waals surface area contributed by atoms with Crippen LogP contribution in [0.4, 0.5) is 11.4 Å². The Morgan fingerprint density at radius 2 is 2.29 bits per heavy atom. The van der Waals surface area contributed by atoms with E-state index in [2.05, 4.69) is 28.2 Å². The van der Waals surface area contributed by atoms with E-state index in [4.69, 9.17) is 5.11 Å². The van der Waals surface area contributed by atoms with Crippen molar-refractivity contribution in [2.45, 2.75) is 32.2 Å². The van der Waals surface area contributed by atoms with E-state index in [1.165, 1.54) is 19.3 Å². The maximum Gasteiger partial charge on any atom is 0.0606 e. The number of hydrogen-bond acceptors (Lipinski definition) is 4. The average molecular weight is 235 g/mol. The molecule has 4 heteroatoms. The fraction of sp³-hybridized carbons (Fsp3) is 0.615. The maximum absolute atomic E-state index is 9.16. The number of aromatic nitrogens is 1. The molecule has 1 aliphatic rings. The van der Waals surface area contributed by atoms with Gasteiger partial charge in [-0.15, -0.1) is 0 Å². The van der Waals surface area contributed by atoms with E-state index in [0.29, 0.717) is 12.6 Å². The zero-order chi connectivity index (χ0) is 12.1. The van der Waals surface area contributed by atoms with Gasteiger partial charge in [0.05, 0.1) is 30.4 Å². The minimum atomic E-state index is 0.196. The third-order valence-electron chi connectivity index (χ3n) is 3.29. The fourth-order valence-electron chi connectivity index (χ4n) is 2.21. The molecular formula is C13H21N3O. The number of aliphatic hydroxyl groups is 1. The standard InChI is InChI=1S/C13H21N3O/c1-2-15-11-8-13(10-14-9-11)16(6-7-17)12-4-3-5-12/h8-10,12,15,17H,2-7H2,1H3. The van der Waals surface area contributed by atoms with Gasteiger partial charge in [-0.05, 0) is 32.3 Å². The molecule has 1 aromatic rings. The Hall–Kier alpha value is -1.29. The van der Waals surface area contributed by atoms with Crippen LogP contribution in [0.5, 0.6) is 0 Å². The highest BCUT2D eigenvalue weighted by Crippen LogP contribution is 2.29. The second kappa shape index (κ2) is 5.87. The Morgan fingerprint density at radius 3 is 2.88 bits per heavy atom. The lowest BCUT2D eigenvalue weighted by Gasteiger charge is -2.38. The molecule has 1 saturated carbocycles. The summed E-state index contributed by atoms with van der Waals surface area (Å²) < 4.78 is 0. The van der Waals surface area contributed by atoms with Crippen LogP contribution in [-0.2, 0) is 0 Å². The van der Waals surface area contributed by atoms with E-state index >= 15 is 0 Å². The highest BCUT2D eigenvalue weighted by molar-refractivity contribution is 5.56. The summed E-state index contributed by atoms with van der Waals surface area (Å²) in [5.74, 6) is 0. The molecule has 2 N–H and O–H groups in total. The summed E-state index contributed by atoms with van der Waals surface area (Å²) >= 11 is 0. The predicted octanol–water partition coefficient (Wildman–Crippen LogP) is 1.86. The van der Waals surface area contributed by atoms with Gasteiger partial charge in [-0.25, -0.2) is 0 Å². The summed E-state index contributed by atoms with van der Waals surface area (Å²) in [6.07, 6.45) is 7.48. The van der Waals surface area contributed by atoms with Crippen LogP contribution in [0.15, 0.2) is 18.5 Å². The highest BCUT2D eigenvalue weighted by atomic mass is 16.3. The molecule has 1 aliphatic carbocycles. The molecule has 1 aromatic heterocycles. The second-order valence-corrected chi connectivity index (χ2v) is 4.46. The van der Waals surface area contributed by atoms with Crippen molar-refractivity contribution in [1.82, 2.24) is 4.98 Å². The van der Waals surface area contributed by atoms with Gasteiger partial charge in [0.2, 0.25) is 0 Å². The average Bonchev–Trinajstić information content (AvgIpc) is 2.27. The fourth-order valence-corrected chi connectivity index (χ4v) is 2.21. The van der Waals surface area contributed by atoms with E-state index in [9.17, 15) is 0 Å². The van der Waals surface area contributed by atoms with Gasteiger partial charge in [0.15, 0.2) is 0 Å². The number of aliphatic hydroxyl groups excluding tert-OH is 1. The molecule has 1 heterocycles. The molecule has 0 amide bonds. The van der Waals surface area contributed by atoms with E-state index < -0.39 is 0 Å². The van der Waals surface area contributed by atoms with Crippen LogP contribution in [0.2, 0.25) is 0 Å². The Morgan fingerprint density at radius 1 is 1.47 bits per heavy atom. The molecule has 0 aromatic carbocycles. The van der Waals surface area contributed by atoms with E-state index in [0.717, 1.165) is 17.9 Å². The smallest absolute Gasteiger partial charge is 0.0606 e. The van der Waals surface area contributed by atoms with Crippen molar-refractivity contribution in [2.24, 2.45) is 0 Å². The zero-order valence-corrected chi connectivity index (χ0v) is 10.4. The van der Waals surface area contributed by atoms with Gasteiger partial charge in [-0.1, -0.05) is 0 Å². The zero-order valence-electron chi connectivity index (χ0n) is 10.4. The number of nitrogens with one attached hydrogen (secondary N) is 1. The number of anilines is 2. The Balaban J connectivity index is 2.13. The molecule has 2 rings (SSSR count). The number of rotatable bonds is 6. The SMILES string of the molecule is CCNc1cncc(N(CCO)C2CCC2)c1. The lowest BCUT2D eigenvalue weighted by molar-refractivity contribution is 0.283. The van der Waals surface area contributed by atoms with Crippen molar-refractivity contribution >= 4 is 11.4 Å². The molecular weight excluding hydrogens is 214 g/mol. The lowest BCUT2D eigenvalue weighted by Crippen LogP contribution is -2.42. The predicted molar refractivity (Wildman–Crippen MR) is 70.5 cm³/mol. The van der Waals surface area contributed by atoms with Crippen molar-refractivity contribution in [3.8, 4) is 0 Å². The van der Waals surface area contributed by atoms with Gasteiger partial charge in [0, 0.05) is 19.1 Å².